The Morgan fingerprint density at radius 2 is 2.09 bits per heavy atom. The van der Waals surface area contributed by atoms with E-state index in [4.69, 9.17) is 0 Å². The van der Waals surface area contributed by atoms with Gasteiger partial charge in [0, 0.05) is 18.5 Å². The first kappa shape index (κ1) is 17.2. The molecule has 1 amide bonds. The number of hydrogen-bond donors (Lipinski definition) is 2. The molecule has 0 aromatic heterocycles. The molecule has 1 aromatic carbocycles. The van der Waals surface area contributed by atoms with E-state index >= 15 is 0 Å². The van der Waals surface area contributed by atoms with Crippen LogP contribution in [0.3, 0.4) is 0 Å². The Kier molecular flexibility index (Phi) is 4.88. The van der Waals surface area contributed by atoms with Crippen LogP contribution in [0.2, 0.25) is 0 Å². The molecule has 0 bridgehead atoms. The van der Waals surface area contributed by atoms with Crippen LogP contribution in [0.15, 0.2) is 18.2 Å². The van der Waals surface area contributed by atoms with Crippen LogP contribution in [0.4, 0.5) is 18.9 Å². The van der Waals surface area contributed by atoms with Gasteiger partial charge in [0.05, 0.1) is 16.6 Å². The van der Waals surface area contributed by atoms with Crippen molar-refractivity contribution in [1.82, 2.24) is 5.32 Å². The van der Waals surface area contributed by atoms with E-state index in [9.17, 15) is 33.2 Å². The second-order valence-electron chi connectivity index (χ2n) is 5.46. The van der Waals surface area contributed by atoms with Gasteiger partial charge < -0.3 is 10.4 Å². The highest BCUT2D eigenvalue weighted by Crippen LogP contribution is 2.33. The van der Waals surface area contributed by atoms with Crippen LogP contribution in [0.5, 0.6) is 0 Å². The zero-order chi connectivity index (χ0) is 17.2. The fourth-order valence-corrected chi connectivity index (χ4v) is 2.63. The SMILES string of the molecule is O=C(NCC1CCCC1O)c1ccc(C(F)(F)F)cc1[N+](=O)[O-]. The summed E-state index contributed by atoms with van der Waals surface area (Å²) in [5, 5.41) is 23.0. The number of aliphatic hydroxyl groups is 1. The number of amides is 1. The molecular formula is C14H15F3N2O4. The molecule has 1 fully saturated rings. The van der Waals surface area contributed by atoms with Crippen molar-refractivity contribution < 1.29 is 28.0 Å². The third-order valence-corrected chi connectivity index (χ3v) is 3.91. The molecule has 9 heteroatoms. The second kappa shape index (κ2) is 6.53. The van der Waals surface area contributed by atoms with E-state index in [1.54, 1.807) is 0 Å². The van der Waals surface area contributed by atoms with Crippen LogP contribution in [0.25, 0.3) is 0 Å². The number of halogens is 3. The summed E-state index contributed by atoms with van der Waals surface area (Å²) < 4.78 is 37.8. The van der Waals surface area contributed by atoms with Gasteiger partial charge >= 0.3 is 6.18 Å². The number of nitrogens with zero attached hydrogens (tertiary/aromatic N) is 1. The van der Waals surface area contributed by atoms with Crippen LogP contribution in [0, 0.1) is 16.0 Å². The molecule has 126 valence electrons. The summed E-state index contributed by atoms with van der Waals surface area (Å²) in [7, 11) is 0. The number of benzene rings is 1. The molecule has 2 atom stereocenters. The third-order valence-electron chi connectivity index (χ3n) is 3.91. The first-order valence-corrected chi connectivity index (χ1v) is 7.02. The van der Waals surface area contributed by atoms with Crippen molar-refractivity contribution in [2.24, 2.45) is 5.92 Å². The highest BCUT2D eigenvalue weighted by molar-refractivity contribution is 5.98. The molecule has 2 N–H and O–H groups in total. The lowest BCUT2D eigenvalue weighted by atomic mass is 10.1. The van der Waals surface area contributed by atoms with Gasteiger partial charge in [0.2, 0.25) is 0 Å². The van der Waals surface area contributed by atoms with Gasteiger partial charge in [-0.25, -0.2) is 0 Å². The lowest BCUT2D eigenvalue weighted by Crippen LogP contribution is -2.32. The van der Waals surface area contributed by atoms with Gasteiger partial charge in [-0.05, 0) is 25.0 Å². The second-order valence-corrected chi connectivity index (χ2v) is 5.46. The van der Waals surface area contributed by atoms with Crippen molar-refractivity contribution in [3.8, 4) is 0 Å². The number of alkyl halides is 3. The third kappa shape index (κ3) is 3.98. The van der Waals surface area contributed by atoms with Crippen molar-refractivity contribution in [3.63, 3.8) is 0 Å². The average Bonchev–Trinajstić information content (AvgIpc) is 2.88. The van der Waals surface area contributed by atoms with Crippen LogP contribution in [-0.2, 0) is 6.18 Å². The Balaban J connectivity index is 2.17. The number of carbonyl (C=O) groups is 1. The van der Waals surface area contributed by atoms with E-state index in [0.717, 1.165) is 18.9 Å². The number of nitrogens with one attached hydrogen (secondary N) is 1. The Morgan fingerprint density at radius 1 is 1.39 bits per heavy atom. The molecule has 2 unspecified atom stereocenters. The average molecular weight is 332 g/mol. The maximum absolute atomic E-state index is 12.6. The lowest BCUT2D eigenvalue weighted by Gasteiger charge is -2.15. The molecule has 1 aromatic rings. The minimum atomic E-state index is -4.73. The first-order chi connectivity index (χ1) is 10.7. The predicted molar refractivity (Wildman–Crippen MR) is 73.8 cm³/mol. The van der Waals surface area contributed by atoms with Gasteiger partial charge in [0.25, 0.3) is 11.6 Å². The lowest BCUT2D eigenvalue weighted by molar-refractivity contribution is -0.385. The van der Waals surface area contributed by atoms with Crippen LogP contribution >= 0.6 is 0 Å². The van der Waals surface area contributed by atoms with Gasteiger partial charge in [0.1, 0.15) is 5.56 Å². The maximum Gasteiger partial charge on any atom is 0.416 e. The summed E-state index contributed by atoms with van der Waals surface area (Å²) in [6.07, 6.45) is -3.11. The molecule has 0 radical (unpaired) electrons. The summed E-state index contributed by atoms with van der Waals surface area (Å²) >= 11 is 0. The molecule has 0 saturated heterocycles. The molecule has 2 rings (SSSR count). The normalized spacial score (nSPS) is 21.2. The largest absolute Gasteiger partial charge is 0.416 e. The highest BCUT2D eigenvalue weighted by Gasteiger charge is 2.34. The minimum absolute atomic E-state index is 0.123. The van der Waals surface area contributed by atoms with E-state index in [1.165, 1.54) is 0 Å². The summed E-state index contributed by atoms with van der Waals surface area (Å²) in [5.41, 5.74) is -2.52. The van der Waals surface area contributed by atoms with Gasteiger partial charge in [0.15, 0.2) is 0 Å². The van der Waals surface area contributed by atoms with Crippen LogP contribution < -0.4 is 5.32 Å². The topological polar surface area (TPSA) is 92.5 Å². The molecule has 1 aliphatic carbocycles. The van der Waals surface area contributed by atoms with Crippen LogP contribution in [0.1, 0.15) is 35.2 Å². The van der Waals surface area contributed by atoms with E-state index in [1.807, 2.05) is 0 Å². The fraction of sp³-hybridized carbons (Fsp3) is 0.500. The van der Waals surface area contributed by atoms with Crippen molar-refractivity contribution in [3.05, 3.63) is 39.4 Å². The molecule has 1 saturated carbocycles. The van der Waals surface area contributed by atoms with Crippen molar-refractivity contribution in [2.75, 3.05) is 6.54 Å². The molecule has 0 heterocycles. The number of carbonyl (C=O) groups excluding carboxylic acids is 1. The highest BCUT2D eigenvalue weighted by atomic mass is 19.4. The van der Waals surface area contributed by atoms with Gasteiger partial charge in [-0.1, -0.05) is 6.42 Å². The molecule has 1 aliphatic rings. The summed E-state index contributed by atoms with van der Waals surface area (Å²) in [6.45, 7) is 0.123. The van der Waals surface area contributed by atoms with E-state index < -0.39 is 39.9 Å². The van der Waals surface area contributed by atoms with E-state index in [0.29, 0.717) is 18.6 Å². The molecule has 0 spiro atoms. The molecule has 23 heavy (non-hydrogen) atoms. The zero-order valence-electron chi connectivity index (χ0n) is 12.0. The molecule has 0 aliphatic heterocycles. The fourth-order valence-electron chi connectivity index (χ4n) is 2.63. The summed E-state index contributed by atoms with van der Waals surface area (Å²) in [6, 6.07) is 1.77. The van der Waals surface area contributed by atoms with Gasteiger partial charge in [-0.15, -0.1) is 0 Å². The van der Waals surface area contributed by atoms with E-state index in [2.05, 4.69) is 5.32 Å². The zero-order valence-corrected chi connectivity index (χ0v) is 12.0. The molecular weight excluding hydrogens is 317 g/mol. The maximum atomic E-state index is 12.6. The smallest absolute Gasteiger partial charge is 0.393 e. The first-order valence-electron chi connectivity index (χ1n) is 7.02. The molecule has 6 nitrogen and oxygen atoms in total. The van der Waals surface area contributed by atoms with Crippen LogP contribution in [-0.4, -0.2) is 28.6 Å². The van der Waals surface area contributed by atoms with Crippen molar-refractivity contribution in [1.29, 1.82) is 0 Å². The number of nitro groups is 1. The number of aliphatic hydroxyl groups excluding tert-OH is 1. The predicted octanol–water partition coefficient (Wildman–Crippen LogP) is 2.50. The summed E-state index contributed by atoms with van der Waals surface area (Å²) in [5.74, 6) is -0.975. The van der Waals surface area contributed by atoms with Gasteiger partial charge in [-0.2, -0.15) is 13.2 Å². The number of hydrogen-bond acceptors (Lipinski definition) is 4. The quantitative estimate of drug-likeness (QED) is 0.654. The Hall–Kier alpha value is -2.16. The Labute approximate surface area is 129 Å². The summed E-state index contributed by atoms with van der Waals surface area (Å²) in [4.78, 5) is 21.9. The monoisotopic (exact) mass is 332 g/mol. The van der Waals surface area contributed by atoms with E-state index in [-0.39, 0.29) is 12.5 Å². The minimum Gasteiger partial charge on any atom is -0.393 e. The standard InChI is InChI=1S/C14H15F3N2O4/c15-14(16,17)9-4-5-10(11(6-9)19(22)23)13(21)18-7-8-2-1-3-12(8)20/h4-6,8,12,20H,1-3,7H2,(H,18,21). The Bertz CT molecular complexity index is 619. The Morgan fingerprint density at radius 3 is 2.61 bits per heavy atom. The van der Waals surface area contributed by atoms with Crippen molar-refractivity contribution in [2.45, 2.75) is 31.5 Å². The number of rotatable bonds is 4. The number of nitro benzene ring substituents is 1. The van der Waals surface area contributed by atoms with Crippen molar-refractivity contribution >= 4 is 11.6 Å². The van der Waals surface area contributed by atoms with Gasteiger partial charge in [-0.3, -0.25) is 14.9 Å².